The number of benzene rings is 3. The number of nitrogens with zero attached hydrogens (tertiary/aromatic N) is 1. The zero-order valence-electron chi connectivity index (χ0n) is 19.6. The summed E-state index contributed by atoms with van der Waals surface area (Å²) in [5, 5.41) is 6.40. The van der Waals surface area contributed by atoms with Crippen molar-refractivity contribution in [3.63, 3.8) is 0 Å². The minimum atomic E-state index is -0.546. The van der Waals surface area contributed by atoms with Crippen LogP contribution in [0.1, 0.15) is 33.2 Å². The van der Waals surface area contributed by atoms with Gasteiger partial charge in [-0.15, -0.1) is 0 Å². The van der Waals surface area contributed by atoms with Crippen molar-refractivity contribution in [2.24, 2.45) is 5.10 Å². The molecule has 10 heteroatoms. The summed E-state index contributed by atoms with van der Waals surface area (Å²) in [4.78, 5) is 36.6. The number of carbonyl (C=O) groups excluding carboxylic acids is 3. The number of nitrogens with one attached hydrogen (secondary N) is 2. The summed E-state index contributed by atoms with van der Waals surface area (Å²) >= 11 is 3.29. The van der Waals surface area contributed by atoms with Crippen molar-refractivity contribution >= 4 is 39.9 Å². The number of amides is 2. The molecule has 0 aromatic heterocycles. The number of hydrazone groups is 1. The van der Waals surface area contributed by atoms with Crippen molar-refractivity contribution in [2.75, 3.05) is 20.3 Å². The minimum Gasteiger partial charge on any atom is -0.494 e. The van der Waals surface area contributed by atoms with Crippen molar-refractivity contribution < 1.29 is 28.6 Å². The third-order valence-corrected chi connectivity index (χ3v) is 5.18. The number of rotatable bonds is 10. The van der Waals surface area contributed by atoms with Crippen LogP contribution in [-0.2, 0) is 4.79 Å². The average molecular weight is 554 g/mol. The van der Waals surface area contributed by atoms with Crippen LogP contribution >= 0.6 is 15.9 Å². The van der Waals surface area contributed by atoms with Gasteiger partial charge in [-0.3, -0.25) is 9.59 Å². The van der Waals surface area contributed by atoms with E-state index in [1.165, 1.54) is 13.3 Å². The first-order valence-electron chi connectivity index (χ1n) is 10.9. The van der Waals surface area contributed by atoms with Gasteiger partial charge in [0.15, 0.2) is 11.5 Å². The van der Waals surface area contributed by atoms with Crippen molar-refractivity contribution in [1.82, 2.24) is 10.7 Å². The second-order valence-corrected chi connectivity index (χ2v) is 8.16. The van der Waals surface area contributed by atoms with Crippen LogP contribution in [0.5, 0.6) is 17.2 Å². The first kappa shape index (κ1) is 26.4. The Bertz CT molecular complexity index is 1260. The van der Waals surface area contributed by atoms with E-state index in [0.29, 0.717) is 34.8 Å². The Morgan fingerprint density at radius 2 is 1.75 bits per heavy atom. The monoisotopic (exact) mass is 553 g/mol. The van der Waals surface area contributed by atoms with E-state index in [1.54, 1.807) is 66.7 Å². The number of ether oxygens (including phenoxy) is 3. The summed E-state index contributed by atoms with van der Waals surface area (Å²) in [6.07, 6.45) is 1.40. The Labute approximate surface area is 216 Å². The Morgan fingerprint density at radius 3 is 2.44 bits per heavy atom. The number of carbonyl (C=O) groups is 3. The van der Waals surface area contributed by atoms with E-state index in [-0.39, 0.29) is 18.2 Å². The molecule has 0 saturated heterocycles. The molecule has 3 aromatic carbocycles. The topological polar surface area (TPSA) is 115 Å². The van der Waals surface area contributed by atoms with Crippen LogP contribution in [0.2, 0.25) is 0 Å². The summed E-state index contributed by atoms with van der Waals surface area (Å²) in [5.41, 5.74) is 3.72. The lowest BCUT2D eigenvalue weighted by Crippen LogP contribution is -2.34. The lowest BCUT2D eigenvalue weighted by Gasteiger charge is -2.10. The fourth-order valence-corrected chi connectivity index (χ4v) is 3.37. The van der Waals surface area contributed by atoms with Gasteiger partial charge >= 0.3 is 5.97 Å². The fourth-order valence-electron chi connectivity index (χ4n) is 2.97. The van der Waals surface area contributed by atoms with Crippen LogP contribution in [0.4, 0.5) is 0 Å². The highest BCUT2D eigenvalue weighted by atomic mass is 79.9. The van der Waals surface area contributed by atoms with Crippen LogP contribution in [0.25, 0.3) is 0 Å². The quantitative estimate of drug-likeness (QED) is 0.170. The van der Waals surface area contributed by atoms with E-state index in [1.807, 2.05) is 6.92 Å². The zero-order chi connectivity index (χ0) is 25.9. The molecule has 0 heterocycles. The van der Waals surface area contributed by atoms with Crippen LogP contribution in [0.15, 0.2) is 76.3 Å². The Hall–Kier alpha value is -4.18. The first-order chi connectivity index (χ1) is 17.4. The van der Waals surface area contributed by atoms with Crippen LogP contribution in [-0.4, -0.2) is 44.3 Å². The standard InChI is InChI=1S/C26H24BrN3O6/c1-3-35-21-10-8-18(9-11-21)26(33)36-22-12-7-17(13-23(22)34-2)15-29-30-24(31)16-28-25(32)19-5-4-6-20(27)14-19/h4-15H,3,16H2,1-2H3,(H,28,32)(H,30,31)/b29-15-. The van der Waals surface area contributed by atoms with E-state index >= 15 is 0 Å². The number of esters is 1. The predicted molar refractivity (Wildman–Crippen MR) is 138 cm³/mol. The van der Waals surface area contributed by atoms with E-state index in [2.05, 4.69) is 31.8 Å². The molecule has 0 saturated carbocycles. The first-order valence-corrected chi connectivity index (χ1v) is 11.7. The maximum absolute atomic E-state index is 12.5. The van der Waals surface area contributed by atoms with Gasteiger partial charge in [0.05, 0.1) is 32.0 Å². The van der Waals surface area contributed by atoms with Gasteiger partial charge in [0.1, 0.15) is 5.75 Å². The molecule has 0 bridgehead atoms. The normalized spacial score (nSPS) is 10.5. The van der Waals surface area contributed by atoms with Gasteiger partial charge in [0.25, 0.3) is 11.8 Å². The smallest absolute Gasteiger partial charge is 0.343 e. The number of hydrogen-bond acceptors (Lipinski definition) is 7. The molecule has 0 aliphatic heterocycles. The van der Waals surface area contributed by atoms with E-state index in [0.717, 1.165) is 4.47 Å². The molecule has 0 unspecified atom stereocenters. The molecular weight excluding hydrogens is 530 g/mol. The fraction of sp³-hybridized carbons (Fsp3) is 0.154. The predicted octanol–water partition coefficient (Wildman–Crippen LogP) is 3.96. The molecule has 0 fully saturated rings. The van der Waals surface area contributed by atoms with Crippen molar-refractivity contribution in [2.45, 2.75) is 6.92 Å². The van der Waals surface area contributed by atoms with Gasteiger partial charge in [0.2, 0.25) is 0 Å². The molecule has 3 aromatic rings. The summed E-state index contributed by atoms with van der Waals surface area (Å²) in [6.45, 7) is 2.17. The molecule has 9 nitrogen and oxygen atoms in total. The molecule has 186 valence electrons. The average Bonchev–Trinajstić information content (AvgIpc) is 2.88. The van der Waals surface area contributed by atoms with Crippen molar-refractivity contribution in [3.05, 3.63) is 87.9 Å². The summed E-state index contributed by atoms with van der Waals surface area (Å²) in [6, 6.07) is 18.2. The van der Waals surface area contributed by atoms with Gasteiger partial charge in [0, 0.05) is 10.0 Å². The summed E-state index contributed by atoms with van der Waals surface area (Å²) in [5.74, 6) is -0.221. The third kappa shape index (κ3) is 7.67. The van der Waals surface area contributed by atoms with Gasteiger partial charge in [-0.2, -0.15) is 5.10 Å². The maximum Gasteiger partial charge on any atom is 0.343 e. The van der Waals surface area contributed by atoms with Gasteiger partial charge < -0.3 is 19.5 Å². The van der Waals surface area contributed by atoms with Gasteiger partial charge in [-0.1, -0.05) is 22.0 Å². The highest BCUT2D eigenvalue weighted by molar-refractivity contribution is 9.10. The third-order valence-electron chi connectivity index (χ3n) is 4.69. The zero-order valence-corrected chi connectivity index (χ0v) is 21.2. The molecule has 0 spiro atoms. The maximum atomic E-state index is 12.5. The van der Waals surface area contributed by atoms with Gasteiger partial charge in [-0.25, -0.2) is 10.2 Å². The molecule has 3 rings (SSSR count). The summed E-state index contributed by atoms with van der Waals surface area (Å²) < 4.78 is 16.9. The molecule has 0 aliphatic rings. The van der Waals surface area contributed by atoms with E-state index < -0.39 is 11.9 Å². The van der Waals surface area contributed by atoms with Crippen LogP contribution < -0.4 is 25.0 Å². The number of hydrogen-bond donors (Lipinski definition) is 2. The highest BCUT2D eigenvalue weighted by Gasteiger charge is 2.13. The van der Waals surface area contributed by atoms with Gasteiger partial charge in [-0.05, 0) is 73.2 Å². The van der Waals surface area contributed by atoms with E-state index in [4.69, 9.17) is 14.2 Å². The number of halogens is 1. The molecular formula is C26H24BrN3O6. The Balaban J connectivity index is 1.53. The summed E-state index contributed by atoms with van der Waals surface area (Å²) in [7, 11) is 1.44. The largest absolute Gasteiger partial charge is 0.494 e. The Morgan fingerprint density at radius 1 is 0.972 bits per heavy atom. The SMILES string of the molecule is CCOc1ccc(C(=O)Oc2ccc(/C=N\NC(=O)CNC(=O)c3cccc(Br)c3)cc2OC)cc1. The highest BCUT2D eigenvalue weighted by Crippen LogP contribution is 2.28. The minimum absolute atomic E-state index is 0.229. The Kier molecular flexibility index (Phi) is 9.58. The lowest BCUT2D eigenvalue weighted by atomic mass is 10.2. The molecule has 0 aliphatic carbocycles. The van der Waals surface area contributed by atoms with Crippen LogP contribution in [0.3, 0.4) is 0 Å². The van der Waals surface area contributed by atoms with Crippen LogP contribution in [0, 0.1) is 0 Å². The van der Waals surface area contributed by atoms with E-state index in [9.17, 15) is 14.4 Å². The number of methoxy groups -OCH3 is 1. The molecule has 2 amide bonds. The van der Waals surface area contributed by atoms with Crippen molar-refractivity contribution in [1.29, 1.82) is 0 Å². The molecule has 0 atom stereocenters. The molecule has 36 heavy (non-hydrogen) atoms. The van der Waals surface area contributed by atoms with Crippen molar-refractivity contribution in [3.8, 4) is 17.2 Å². The lowest BCUT2D eigenvalue weighted by molar-refractivity contribution is -0.120. The molecule has 2 N–H and O–H groups in total. The second-order valence-electron chi connectivity index (χ2n) is 7.24. The molecule has 0 radical (unpaired) electrons. The second kappa shape index (κ2) is 13.1.